The highest BCUT2D eigenvalue weighted by Gasteiger charge is 2.25. The molecule has 0 atom stereocenters. The van der Waals surface area contributed by atoms with Gasteiger partial charge in [-0.2, -0.15) is 0 Å². The zero-order valence-electron chi connectivity index (χ0n) is 18.6. The molecule has 1 fully saturated rings. The van der Waals surface area contributed by atoms with Crippen LogP contribution in [-0.2, 0) is 10.0 Å². The third-order valence-corrected chi connectivity index (χ3v) is 6.42. The van der Waals surface area contributed by atoms with Crippen LogP contribution < -0.4 is 9.62 Å². The van der Waals surface area contributed by atoms with E-state index in [0.717, 1.165) is 22.8 Å². The number of rotatable bonds is 5. The van der Waals surface area contributed by atoms with Gasteiger partial charge < -0.3 is 9.80 Å². The standard InChI is InChI=1S/C24H24N6O3S/c1-34(32,33)27-18-7-9-19(10-8-18)28-13-15-29(16-14-28)23(31)21-17-30(24-25-11-4-12-26-24)22-6-3-2-5-20(21)22/h2-12,17,27H,13-16H2,1H3. The number of aromatic nitrogens is 3. The smallest absolute Gasteiger partial charge is 0.256 e. The lowest BCUT2D eigenvalue weighted by molar-refractivity contribution is 0.0748. The van der Waals surface area contributed by atoms with Gasteiger partial charge in [-0.25, -0.2) is 18.4 Å². The molecule has 4 aromatic rings. The molecular weight excluding hydrogens is 452 g/mol. The summed E-state index contributed by atoms with van der Waals surface area (Å²) in [7, 11) is -3.31. The highest BCUT2D eigenvalue weighted by Crippen LogP contribution is 2.26. The minimum atomic E-state index is -3.31. The van der Waals surface area contributed by atoms with Gasteiger partial charge in [-0.1, -0.05) is 18.2 Å². The van der Waals surface area contributed by atoms with Crippen LogP contribution in [0.1, 0.15) is 10.4 Å². The summed E-state index contributed by atoms with van der Waals surface area (Å²) in [4.78, 5) is 26.2. The Morgan fingerprint density at radius 3 is 2.26 bits per heavy atom. The van der Waals surface area contributed by atoms with Crippen molar-refractivity contribution in [3.05, 3.63) is 78.8 Å². The molecule has 0 bridgehead atoms. The molecule has 1 saturated heterocycles. The van der Waals surface area contributed by atoms with Gasteiger partial charge in [0.25, 0.3) is 5.91 Å². The average molecular weight is 477 g/mol. The van der Waals surface area contributed by atoms with Crippen LogP contribution in [0.3, 0.4) is 0 Å². The van der Waals surface area contributed by atoms with Gasteiger partial charge in [-0.05, 0) is 36.4 Å². The van der Waals surface area contributed by atoms with E-state index in [4.69, 9.17) is 0 Å². The first kappa shape index (κ1) is 21.9. The SMILES string of the molecule is CS(=O)(=O)Nc1ccc(N2CCN(C(=O)c3cn(-c4ncccn4)c4ccccc34)CC2)cc1. The molecule has 2 aromatic heterocycles. The number of nitrogens with zero attached hydrogens (tertiary/aromatic N) is 5. The summed E-state index contributed by atoms with van der Waals surface area (Å²) in [5, 5.41) is 0.872. The molecule has 1 amide bonds. The summed E-state index contributed by atoms with van der Waals surface area (Å²) in [5.41, 5.74) is 3.04. The molecule has 174 valence electrons. The molecule has 1 aliphatic heterocycles. The number of hydrogen-bond acceptors (Lipinski definition) is 6. The highest BCUT2D eigenvalue weighted by atomic mass is 32.2. The summed E-state index contributed by atoms with van der Waals surface area (Å²) < 4.78 is 27.1. The maximum Gasteiger partial charge on any atom is 0.256 e. The maximum atomic E-state index is 13.5. The van der Waals surface area contributed by atoms with Gasteiger partial charge >= 0.3 is 0 Å². The molecule has 0 aliphatic carbocycles. The number of piperazine rings is 1. The fourth-order valence-electron chi connectivity index (χ4n) is 4.22. The molecule has 1 aliphatic rings. The Morgan fingerprint density at radius 2 is 1.59 bits per heavy atom. The number of anilines is 2. The van der Waals surface area contributed by atoms with E-state index in [1.807, 2.05) is 52.1 Å². The van der Waals surface area contributed by atoms with Crippen molar-refractivity contribution in [3.8, 4) is 5.95 Å². The van der Waals surface area contributed by atoms with Crippen LogP contribution in [0.15, 0.2) is 73.2 Å². The van der Waals surface area contributed by atoms with Crippen molar-refractivity contribution in [1.29, 1.82) is 0 Å². The first-order valence-electron chi connectivity index (χ1n) is 10.9. The van der Waals surface area contributed by atoms with Crippen LogP contribution in [0.25, 0.3) is 16.9 Å². The van der Waals surface area contributed by atoms with Gasteiger partial charge in [-0.3, -0.25) is 14.1 Å². The van der Waals surface area contributed by atoms with E-state index < -0.39 is 10.0 Å². The van der Waals surface area contributed by atoms with Crippen molar-refractivity contribution < 1.29 is 13.2 Å². The molecule has 5 rings (SSSR count). The topological polar surface area (TPSA) is 100 Å². The monoisotopic (exact) mass is 476 g/mol. The van der Waals surface area contributed by atoms with Crippen LogP contribution in [0, 0.1) is 0 Å². The average Bonchev–Trinajstić information content (AvgIpc) is 3.24. The summed E-state index contributed by atoms with van der Waals surface area (Å²) in [6, 6.07) is 16.8. The normalized spacial score (nSPS) is 14.4. The fourth-order valence-corrected chi connectivity index (χ4v) is 4.79. The summed E-state index contributed by atoms with van der Waals surface area (Å²) in [6.07, 6.45) is 6.31. The lowest BCUT2D eigenvalue weighted by Gasteiger charge is -2.36. The van der Waals surface area contributed by atoms with E-state index in [1.54, 1.807) is 30.6 Å². The minimum Gasteiger partial charge on any atom is -0.368 e. The molecular formula is C24H24N6O3S. The lowest BCUT2D eigenvalue weighted by Crippen LogP contribution is -2.48. The van der Waals surface area contributed by atoms with Gasteiger partial charge in [0.1, 0.15) is 0 Å². The van der Waals surface area contributed by atoms with Crippen molar-refractivity contribution in [2.75, 3.05) is 42.1 Å². The number of carbonyl (C=O) groups is 1. The van der Waals surface area contributed by atoms with Gasteiger partial charge in [-0.15, -0.1) is 0 Å². The van der Waals surface area contributed by atoms with Gasteiger partial charge in [0.2, 0.25) is 16.0 Å². The second kappa shape index (κ2) is 8.79. The summed E-state index contributed by atoms with van der Waals surface area (Å²) in [6.45, 7) is 2.54. The van der Waals surface area contributed by atoms with Crippen LogP contribution in [-0.4, -0.2) is 66.2 Å². The number of amides is 1. The van der Waals surface area contributed by atoms with Crippen LogP contribution in [0.2, 0.25) is 0 Å². The van der Waals surface area contributed by atoms with E-state index >= 15 is 0 Å². The third-order valence-electron chi connectivity index (χ3n) is 5.81. The Morgan fingerprint density at radius 1 is 0.912 bits per heavy atom. The molecule has 2 aromatic carbocycles. The molecule has 10 heteroatoms. The van der Waals surface area contributed by atoms with E-state index in [9.17, 15) is 13.2 Å². The van der Waals surface area contributed by atoms with Gasteiger partial charge in [0.05, 0.1) is 17.3 Å². The molecule has 9 nitrogen and oxygen atoms in total. The van der Waals surface area contributed by atoms with E-state index in [1.165, 1.54) is 0 Å². The van der Waals surface area contributed by atoms with Crippen LogP contribution in [0.5, 0.6) is 0 Å². The zero-order valence-corrected chi connectivity index (χ0v) is 19.4. The molecule has 34 heavy (non-hydrogen) atoms. The number of fused-ring (bicyclic) bond motifs is 1. The Bertz CT molecular complexity index is 1430. The second-order valence-corrected chi connectivity index (χ2v) is 9.93. The van der Waals surface area contributed by atoms with Crippen LogP contribution >= 0.6 is 0 Å². The number of hydrogen-bond donors (Lipinski definition) is 1. The molecule has 0 radical (unpaired) electrons. The van der Waals surface area contributed by atoms with Crippen molar-refractivity contribution in [2.45, 2.75) is 0 Å². The Kier molecular flexibility index (Phi) is 5.66. The number of nitrogens with one attached hydrogen (secondary N) is 1. The number of sulfonamides is 1. The fraction of sp³-hybridized carbons (Fsp3) is 0.208. The molecule has 0 unspecified atom stereocenters. The molecule has 0 saturated carbocycles. The Balaban J connectivity index is 1.32. The van der Waals surface area contributed by atoms with Crippen molar-refractivity contribution in [3.63, 3.8) is 0 Å². The quantitative estimate of drug-likeness (QED) is 0.475. The maximum absolute atomic E-state index is 13.5. The Hall–Kier alpha value is -3.92. The number of carbonyl (C=O) groups excluding carboxylic acids is 1. The zero-order chi connectivity index (χ0) is 23.7. The number of benzene rings is 2. The van der Waals surface area contributed by atoms with Crippen molar-refractivity contribution in [1.82, 2.24) is 19.4 Å². The van der Waals surface area contributed by atoms with Gasteiger partial charge in [0.15, 0.2) is 0 Å². The second-order valence-electron chi connectivity index (χ2n) is 8.18. The predicted octanol–water partition coefficient (Wildman–Crippen LogP) is 2.75. The first-order chi connectivity index (χ1) is 16.4. The van der Waals surface area contributed by atoms with Crippen molar-refractivity contribution >= 4 is 38.2 Å². The minimum absolute atomic E-state index is 0.0155. The largest absolute Gasteiger partial charge is 0.368 e. The van der Waals surface area contributed by atoms with E-state index in [2.05, 4.69) is 19.6 Å². The van der Waals surface area contributed by atoms with E-state index in [0.29, 0.717) is 43.4 Å². The molecule has 0 spiro atoms. The summed E-state index contributed by atoms with van der Waals surface area (Å²) in [5.74, 6) is 0.509. The van der Waals surface area contributed by atoms with Crippen molar-refractivity contribution in [2.24, 2.45) is 0 Å². The third kappa shape index (κ3) is 4.44. The van der Waals surface area contributed by atoms with Gasteiger partial charge in [0, 0.05) is 61.5 Å². The summed E-state index contributed by atoms with van der Waals surface area (Å²) >= 11 is 0. The van der Waals surface area contributed by atoms with E-state index in [-0.39, 0.29) is 5.91 Å². The Labute approximate surface area is 197 Å². The predicted molar refractivity (Wildman–Crippen MR) is 132 cm³/mol. The molecule has 3 heterocycles. The van der Waals surface area contributed by atoms with Crippen LogP contribution in [0.4, 0.5) is 11.4 Å². The highest BCUT2D eigenvalue weighted by molar-refractivity contribution is 7.92. The number of para-hydroxylation sites is 1. The lowest BCUT2D eigenvalue weighted by atomic mass is 10.1. The molecule has 1 N–H and O–H groups in total. The first-order valence-corrected chi connectivity index (χ1v) is 12.8.